The highest BCUT2D eigenvalue weighted by Gasteiger charge is 2.54. The van der Waals surface area contributed by atoms with E-state index in [4.69, 9.17) is 0 Å². The summed E-state index contributed by atoms with van der Waals surface area (Å²) in [5, 5.41) is 0. The zero-order valence-corrected chi connectivity index (χ0v) is 18.8. The van der Waals surface area contributed by atoms with Crippen LogP contribution in [-0.2, 0) is 0 Å². The second kappa shape index (κ2) is 5.14. The van der Waals surface area contributed by atoms with Crippen LogP contribution in [-0.4, -0.2) is 0 Å². The molecule has 0 heterocycles. The van der Waals surface area contributed by atoms with Crippen molar-refractivity contribution in [2.75, 3.05) is 0 Å². The van der Waals surface area contributed by atoms with E-state index < -0.39 is 0 Å². The van der Waals surface area contributed by atoms with Gasteiger partial charge in [0.25, 0.3) is 0 Å². The molecule has 0 heteroatoms. The van der Waals surface area contributed by atoms with Gasteiger partial charge in [0.05, 0.1) is 0 Å². The Morgan fingerprint density at radius 1 is 0.375 bits per heavy atom. The minimum Gasteiger partial charge on any atom is -0.0598 e. The molecule has 0 unspecified atom stereocenters. The van der Waals surface area contributed by atoms with E-state index in [1.54, 1.807) is 11.1 Å². The first-order valence-corrected chi connectivity index (χ1v) is 10.1. The molecule has 2 aliphatic carbocycles. The number of hydrogen-bond acceptors (Lipinski definition) is 0. The van der Waals surface area contributed by atoms with E-state index >= 15 is 0 Å². The number of allylic oxidation sites excluding steroid dienone is 2. The van der Waals surface area contributed by atoms with Crippen LogP contribution in [0.1, 0.15) is 109 Å². The first kappa shape index (κ1) is 20.1. The van der Waals surface area contributed by atoms with Crippen molar-refractivity contribution >= 4 is 0 Å². The summed E-state index contributed by atoms with van der Waals surface area (Å²) in [4.78, 5) is 0. The summed E-state index contributed by atoms with van der Waals surface area (Å²) >= 11 is 0. The van der Waals surface area contributed by atoms with Crippen molar-refractivity contribution in [1.82, 2.24) is 0 Å². The van der Waals surface area contributed by atoms with Crippen LogP contribution in [0.25, 0.3) is 0 Å². The molecule has 2 aliphatic rings. The Balaban J connectivity index is 2.76. The lowest BCUT2D eigenvalue weighted by Crippen LogP contribution is -2.48. The summed E-state index contributed by atoms with van der Waals surface area (Å²) in [5.74, 6) is 0. The van der Waals surface area contributed by atoms with Gasteiger partial charge in [-0.05, 0) is 58.2 Å². The Hall–Kier alpha value is -0.260. The van der Waals surface area contributed by atoms with Gasteiger partial charge in [0.1, 0.15) is 0 Å². The fraction of sp³-hybridized carbons (Fsp3) is 0.917. The maximum atomic E-state index is 2.52. The third-order valence-electron chi connectivity index (χ3n) is 6.64. The van der Waals surface area contributed by atoms with Gasteiger partial charge in [-0.3, -0.25) is 0 Å². The summed E-state index contributed by atoms with van der Waals surface area (Å²) in [6.07, 6.45) is 5.21. The summed E-state index contributed by atoms with van der Waals surface area (Å²) in [6.45, 7) is 30.0. The predicted molar refractivity (Wildman–Crippen MR) is 108 cm³/mol. The Kier molecular flexibility index (Phi) is 4.29. The average Bonchev–Trinajstić information content (AvgIpc) is 2.13. The highest BCUT2D eigenvalue weighted by Crippen LogP contribution is 2.66. The van der Waals surface area contributed by atoms with Crippen molar-refractivity contribution < 1.29 is 0 Å². The summed E-state index contributed by atoms with van der Waals surface area (Å²) in [7, 11) is 0. The number of hydrogen-bond donors (Lipinski definition) is 0. The lowest BCUT2D eigenvalue weighted by atomic mass is 9.45. The molecule has 2 saturated carbocycles. The van der Waals surface area contributed by atoms with Crippen LogP contribution in [0.5, 0.6) is 0 Å². The van der Waals surface area contributed by atoms with Gasteiger partial charge in [0.2, 0.25) is 0 Å². The van der Waals surface area contributed by atoms with Crippen LogP contribution < -0.4 is 0 Å². The highest BCUT2D eigenvalue weighted by atomic mass is 14.6. The molecule has 0 aliphatic heterocycles. The van der Waals surface area contributed by atoms with Crippen molar-refractivity contribution in [3.05, 3.63) is 11.1 Å². The van der Waals surface area contributed by atoms with Crippen LogP contribution in [0, 0.1) is 32.5 Å². The van der Waals surface area contributed by atoms with Crippen molar-refractivity contribution in [3.8, 4) is 0 Å². The molecule has 2 rings (SSSR count). The second-order valence-corrected chi connectivity index (χ2v) is 13.3. The molecule has 0 bridgehead atoms. The first-order valence-electron chi connectivity index (χ1n) is 10.1. The van der Waals surface area contributed by atoms with Crippen molar-refractivity contribution in [3.63, 3.8) is 0 Å². The Morgan fingerprint density at radius 2 is 0.542 bits per heavy atom. The van der Waals surface area contributed by atoms with E-state index in [1.807, 2.05) is 0 Å². The molecule has 0 aromatic rings. The zero-order chi connectivity index (χ0) is 19.0. The van der Waals surface area contributed by atoms with Gasteiger partial charge in [-0.15, -0.1) is 0 Å². The molecule has 0 amide bonds. The lowest BCUT2D eigenvalue weighted by Gasteiger charge is -2.59. The van der Waals surface area contributed by atoms with E-state index in [2.05, 4.69) is 83.1 Å². The summed E-state index contributed by atoms with van der Waals surface area (Å²) in [6, 6.07) is 0. The molecular weight excluding hydrogens is 288 g/mol. The minimum atomic E-state index is 0.288. The Morgan fingerprint density at radius 3 is 0.708 bits per heavy atom. The van der Waals surface area contributed by atoms with Gasteiger partial charge < -0.3 is 0 Å². The van der Waals surface area contributed by atoms with Gasteiger partial charge in [0.15, 0.2) is 0 Å². The van der Waals surface area contributed by atoms with Gasteiger partial charge in [0, 0.05) is 0 Å². The van der Waals surface area contributed by atoms with Crippen molar-refractivity contribution in [2.45, 2.75) is 109 Å². The van der Waals surface area contributed by atoms with E-state index in [1.165, 1.54) is 25.7 Å². The predicted octanol–water partition coefficient (Wildman–Crippen LogP) is 8.03. The van der Waals surface area contributed by atoms with Crippen LogP contribution in [0.15, 0.2) is 11.1 Å². The largest absolute Gasteiger partial charge is 0.0598 e. The molecule has 0 saturated heterocycles. The van der Waals surface area contributed by atoms with Crippen LogP contribution in [0.4, 0.5) is 0 Å². The van der Waals surface area contributed by atoms with E-state index in [-0.39, 0.29) is 21.7 Å². The fourth-order valence-electron chi connectivity index (χ4n) is 8.45. The zero-order valence-electron chi connectivity index (χ0n) is 18.8. The van der Waals surface area contributed by atoms with Gasteiger partial charge in [-0.1, -0.05) is 94.2 Å². The van der Waals surface area contributed by atoms with Crippen molar-refractivity contribution in [1.29, 1.82) is 0 Å². The van der Waals surface area contributed by atoms with E-state index in [9.17, 15) is 0 Å². The normalized spacial score (nSPS) is 32.5. The summed E-state index contributed by atoms with van der Waals surface area (Å²) in [5.41, 5.74) is 5.60. The molecule has 0 N–H and O–H groups in total. The van der Waals surface area contributed by atoms with Gasteiger partial charge >= 0.3 is 0 Å². The lowest BCUT2D eigenvalue weighted by molar-refractivity contribution is 0.0491. The molecule has 24 heavy (non-hydrogen) atoms. The maximum Gasteiger partial charge on any atom is -0.0131 e. The fourth-order valence-corrected chi connectivity index (χ4v) is 8.45. The van der Waals surface area contributed by atoms with Gasteiger partial charge in [-0.25, -0.2) is 0 Å². The van der Waals surface area contributed by atoms with Gasteiger partial charge in [-0.2, -0.15) is 0 Å². The minimum absolute atomic E-state index is 0.288. The molecule has 0 aromatic carbocycles. The maximum absolute atomic E-state index is 2.52. The standard InChI is InChI=1S/C24H44/c1-19(2)13-21(5,6)17(22(7,8)14-19)18-23(9,10)15-20(3,4)16-24(18,11)12/h13-16H2,1-12H3. The molecule has 140 valence electrons. The molecule has 0 spiro atoms. The first-order chi connectivity index (χ1) is 10.3. The SMILES string of the molecule is CC1(C)CC(C)(C)C(=C2C(C)(C)CC(C)(C)CC2(C)C)C(C)(C)C1. The highest BCUT2D eigenvalue weighted by molar-refractivity contribution is 5.38. The second-order valence-electron chi connectivity index (χ2n) is 13.3. The Bertz CT molecular complexity index is 453. The molecule has 0 nitrogen and oxygen atoms in total. The molecule has 0 radical (unpaired) electrons. The van der Waals surface area contributed by atoms with E-state index in [0.29, 0.717) is 10.8 Å². The monoisotopic (exact) mass is 332 g/mol. The smallest absolute Gasteiger partial charge is 0.0131 e. The van der Waals surface area contributed by atoms with E-state index in [0.717, 1.165) is 0 Å². The quantitative estimate of drug-likeness (QED) is 0.394. The number of rotatable bonds is 0. The molecule has 0 aromatic heterocycles. The molecular formula is C24H44. The third-order valence-corrected chi connectivity index (χ3v) is 6.64. The molecule has 2 fully saturated rings. The average molecular weight is 333 g/mol. The van der Waals surface area contributed by atoms with Crippen LogP contribution in [0.2, 0.25) is 0 Å². The van der Waals surface area contributed by atoms with Crippen molar-refractivity contribution in [2.24, 2.45) is 32.5 Å². The Labute approximate surface area is 152 Å². The van der Waals surface area contributed by atoms with Crippen LogP contribution >= 0.6 is 0 Å². The summed E-state index contributed by atoms with van der Waals surface area (Å²) < 4.78 is 0. The van der Waals surface area contributed by atoms with Crippen LogP contribution in [0.3, 0.4) is 0 Å². The third kappa shape index (κ3) is 3.49. The topological polar surface area (TPSA) is 0 Å². The molecule has 0 atom stereocenters.